The molecule has 4 nitrogen and oxygen atoms in total. The van der Waals surface area contributed by atoms with Crippen LogP contribution in [0.25, 0.3) is 0 Å². The molecular formula is C9H20N2O2. The lowest BCUT2D eigenvalue weighted by Gasteiger charge is -2.04. The highest BCUT2D eigenvalue weighted by atomic mass is 16.5. The van der Waals surface area contributed by atoms with E-state index in [2.05, 4.69) is 10.6 Å². The number of nitrogens with one attached hydrogen (secondary N) is 2. The maximum atomic E-state index is 10.9. The molecule has 0 radical (unpaired) electrons. The molecule has 0 rings (SSSR count). The number of amides is 1. The minimum Gasteiger partial charge on any atom is -0.382 e. The highest BCUT2D eigenvalue weighted by Crippen LogP contribution is 1.79. The van der Waals surface area contributed by atoms with Gasteiger partial charge in [-0.15, -0.1) is 0 Å². The first-order valence-electron chi connectivity index (χ1n) is 4.86. The zero-order valence-electron chi connectivity index (χ0n) is 8.56. The average Bonchev–Trinajstić information content (AvgIpc) is 2.11. The fraction of sp³-hybridized carbons (Fsp3) is 0.889. The first kappa shape index (κ1) is 12.4. The Morgan fingerprint density at radius 1 is 1.38 bits per heavy atom. The Labute approximate surface area is 80.0 Å². The largest absolute Gasteiger partial charge is 0.382 e. The molecule has 4 heteroatoms. The Balaban J connectivity index is 3.02. The SMILES string of the molecule is CCNC(=O)CNCCCOCC. The van der Waals surface area contributed by atoms with Crippen LogP contribution in [0.5, 0.6) is 0 Å². The number of ether oxygens (including phenoxy) is 1. The van der Waals surface area contributed by atoms with Crippen LogP contribution < -0.4 is 10.6 Å². The van der Waals surface area contributed by atoms with Gasteiger partial charge in [0.05, 0.1) is 6.54 Å². The van der Waals surface area contributed by atoms with Gasteiger partial charge in [0.25, 0.3) is 0 Å². The van der Waals surface area contributed by atoms with Crippen LogP contribution in [0, 0.1) is 0 Å². The lowest BCUT2D eigenvalue weighted by molar-refractivity contribution is -0.120. The molecule has 0 bridgehead atoms. The molecule has 13 heavy (non-hydrogen) atoms. The summed E-state index contributed by atoms with van der Waals surface area (Å²) in [7, 11) is 0. The van der Waals surface area contributed by atoms with E-state index < -0.39 is 0 Å². The Kier molecular flexibility index (Phi) is 9.03. The second-order valence-corrected chi connectivity index (χ2v) is 2.68. The third-order valence-corrected chi connectivity index (χ3v) is 1.51. The van der Waals surface area contributed by atoms with Gasteiger partial charge in [0.2, 0.25) is 5.91 Å². The van der Waals surface area contributed by atoms with Crippen molar-refractivity contribution < 1.29 is 9.53 Å². The first-order valence-corrected chi connectivity index (χ1v) is 4.86. The number of carbonyl (C=O) groups excluding carboxylic acids is 1. The van der Waals surface area contributed by atoms with Crippen LogP contribution in [0.2, 0.25) is 0 Å². The molecule has 1 amide bonds. The number of hydrogen-bond donors (Lipinski definition) is 2. The lowest BCUT2D eigenvalue weighted by Crippen LogP contribution is -2.34. The van der Waals surface area contributed by atoms with Crippen molar-refractivity contribution in [2.45, 2.75) is 20.3 Å². The van der Waals surface area contributed by atoms with E-state index in [9.17, 15) is 4.79 Å². The minimum absolute atomic E-state index is 0.0545. The van der Waals surface area contributed by atoms with E-state index >= 15 is 0 Å². The van der Waals surface area contributed by atoms with E-state index in [0.29, 0.717) is 13.1 Å². The molecule has 0 saturated heterocycles. The predicted octanol–water partition coefficient (Wildman–Crippen LogP) is 0.139. The lowest BCUT2D eigenvalue weighted by atomic mass is 10.4. The summed E-state index contributed by atoms with van der Waals surface area (Å²) < 4.78 is 5.15. The molecule has 0 fully saturated rings. The van der Waals surface area contributed by atoms with Crippen molar-refractivity contribution in [3.05, 3.63) is 0 Å². The molecule has 2 N–H and O–H groups in total. The third-order valence-electron chi connectivity index (χ3n) is 1.51. The van der Waals surface area contributed by atoms with Crippen LogP contribution in [-0.4, -0.2) is 38.8 Å². The molecule has 0 aliphatic carbocycles. The second-order valence-electron chi connectivity index (χ2n) is 2.68. The molecule has 0 aliphatic heterocycles. The van der Waals surface area contributed by atoms with Gasteiger partial charge in [0.15, 0.2) is 0 Å². The quantitative estimate of drug-likeness (QED) is 0.533. The molecule has 0 atom stereocenters. The van der Waals surface area contributed by atoms with Gasteiger partial charge in [-0.25, -0.2) is 0 Å². The molecule has 0 heterocycles. The monoisotopic (exact) mass is 188 g/mol. The van der Waals surface area contributed by atoms with Gasteiger partial charge < -0.3 is 15.4 Å². The molecule has 0 spiro atoms. The standard InChI is InChI=1S/C9H20N2O2/c1-3-11-9(12)8-10-6-5-7-13-4-2/h10H,3-8H2,1-2H3,(H,11,12). The summed E-state index contributed by atoms with van der Waals surface area (Å²) in [5, 5.41) is 5.75. The molecule has 78 valence electrons. The molecule has 0 aromatic heterocycles. The summed E-state index contributed by atoms with van der Waals surface area (Å²) in [5.41, 5.74) is 0. The van der Waals surface area contributed by atoms with Crippen LogP contribution in [0.3, 0.4) is 0 Å². The summed E-state index contributed by atoms with van der Waals surface area (Å²) in [5.74, 6) is 0.0545. The second kappa shape index (κ2) is 9.48. The number of rotatable bonds is 8. The topological polar surface area (TPSA) is 50.4 Å². The van der Waals surface area contributed by atoms with Gasteiger partial charge >= 0.3 is 0 Å². The maximum absolute atomic E-state index is 10.9. The van der Waals surface area contributed by atoms with Crippen molar-refractivity contribution >= 4 is 5.91 Å². The van der Waals surface area contributed by atoms with Crippen LogP contribution in [0.1, 0.15) is 20.3 Å². The Hall–Kier alpha value is -0.610. The number of carbonyl (C=O) groups is 1. The predicted molar refractivity (Wildman–Crippen MR) is 52.7 cm³/mol. The van der Waals surface area contributed by atoms with E-state index in [1.165, 1.54) is 0 Å². The summed E-state index contributed by atoms with van der Waals surface area (Å²) >= 11 is 0. The number of likely N-dealkylation sites (N-methyl/N-ethyl adjacent to an activating group) is 1. The van der Waals surface area contributed by atoms with Crippen molar-refractivity contribution in [2.75, 3.05) is 32.8 Å². The highest BCUT2D eigenvalue weighted by Gasteiger charge is 1.96. The van der Waals surface area contributed by atoms with Crippen molar-refractivity contribution in [1.29, 1.82) is 0 Å². The Morgan fingerprint density at radius 2 is 2.15 bits per heavy atom. The van der Waals surface area contributed by atoms with Gasteiger partial charge in [0.1, 0.15) is 0 Å². The Morgan fingerprint density at radius 3 is 2.77 bits per heavy atom. The van der Waals surface area contributed by atoms with E-state index in [1.807, 2.05) is 13.8 Å². The van der Waals surface area contributed by atoms with Crippen molar-refractivity contribution in [2.24, 2.45) is 0 Å². The van der Waals surface area contributed by atoms with Crippen molar-refractivity contribution in [3.8, 4) is 0 Å². The minimum atomic E-state index is 0.0545. The van der Waals surface area contributed by atoms with E-state index in [-0.39, 0.29) is 5.91 Å². The summed E-state index contributed by atoms with van der Waals surface area (Å²) in [4.78, 5) is 10.9. The highest BCUT2D eigenvalue weighted by molar-refractivity contribution is 5.77. The normalized spacial score (nSPS) is 10.0. The van der Waals surface area contributed by atoms with Gasteiger partial charge in [-0.3, -0.25) is 4.79 Å². The van der Waals surface area contributed by atoms with E-state index in [1.54, 1.807) is 0 Å². The third kappa shape index (κ3) is 9.30. The van der Waals surface area contributed by atoms with Gasteiger partial charge in [-0.2, -0.15) is 0 Å². The summed E-state index contributed by atoms with van der Waals surface area (Å²) in [6, 6.07) is 0. The fourth-order valence-electron chi connectivity index (χ4n) is 0.905. The maximum Gasteiger partial charge on any atom is 0.233 e. The fourth-order valence-corrected chi connectivity index (χ4v) is 0.905. The molecule has 0 aromatic rings. The van der Waals surface area contributed by atoms with Crippen molar-refractivity contribution in [3.63, 3.8) is 0 Å². The number of hydrogen-bond acceptors (Lipinski definition) is 3. The van der Waals surface area contributed by atoms with Gasteiger partial charge in [0, 0.05) is 19.8 Å². The van der Waals surface area contributed by atoms with Gasteiger partial charge in [-0.1, -0.05) is 0 Å². The molecule has 0 saturated carbocycles. The Bertz CT molecular complexity index is 129. The van der Waals surface area contributed by atoms with Crippen molar-refractivity contribution in [1.82, 2.24) is 10.6 Å². The molecule has 0 aromatic carbocycles. The molecular weight excluding hydrogens is 168 g/mol. The summed E-state index contributed by atoms with van der Waals surface area (Å²) in [6.07, 6.45) is 0.952. The molecule has 0 aliphatic rings. The zero-order valence-corrected chi connectivity index (χ0v) is 8.56. The smallest absolute Gasteiger partial charge is 0.233 e. The van der Waals surface area contributed by atoms with Gasteiger partial charge in [-0.05, 0) is 26.8 Å². The summed E-state index contributed by atoms with van der Waals surface area (Å²) in [6.45, 7) is 7.33. The van der Waals surface area contributed by atoms with E-state index in [0.717, 1.165) is 26.2 Å². The zero-order chi connectivity index (χ0) is 9.94. The van der Waals surface area contributed by atoms with Crippen LogP contribution >= 0.6 is 0 Å². The first-order chi connectivity index (χ1) is 6.31. The van der Waals surface area contributed by atoms with Crippen LogP contribution in [0.4, 0.5) is 0 Å². The van der Waals surface area contributed by atoms with Crippen LogP contribution in [-0.2, 0) is 9.53 Å². The van der Waals surface area contributed by atoms with E-state index in [4.69, 9.17) is 4.74 Å². The average molecular weight is 188 g/mol. The van der Waals surface area contributed by atoms with Crippen LogP contribution in [0.15, 0.2) is 0 Å². The molecule has 0 unspecified atom stereocenters.